The Morgan fingerprint density at radius 2 is 1.30 bits per heavy atom. The molecule has 0 unspecified atom stereocenters. The average molecular weight is 709 g/mol. The molecule has 1 saturated carbocycles. The fourth-order valence-electron chi connectivity index (χ4n) is 9.00. The first-order valence-corrected chi connectivity index (χ1v) is 19.9. The van der Waals surface area contributed by atoms with Crippen LogP contribution in [-0.4, -0.2) is 4.57 Å². The van der Waals surface area contributed by atoms with Crippen molar-refractivity contribution in [3.8, 4) is 39.3 Å². The van der Waals surface area contributed by atoms with E-state index in [9.17, 15) is 1.37 Å². The first-order chi connectivity index (χ1) is 26.6. The van der Waals surface area contributed by atoms with Crippen molar-refractivity contribution >= 4 is 33.0 Å². The molecule has 0 radical (unpaired) electrons. The van der Waals surface area contributed by atoms with Crippen molar-refractivity contribution in [3.63, 3.8) is 0 Å². The Hall–Kier alpha value is -5.41. The third-order valence-corrected chi connectivity index (χ3v) is 11.9. The molecule has 0 saturated heterocycles. The maximum Gasteiger partial charge on any atom is 0.299 e. The van der Waals surface area contributed by atoms with E-state index in [4.69, 9.17) is 4.42 Å². The standard InChI is InChI=1S/C51H51N2O/c1-32(2)43-29-40(38-24-22-37(23-25-38)35-15-9-7-10-16-35)30-44(33(3)4)49(43)53-46-20-14-13-19-45(46)52(6)51(53)48-34(5)21-27-42-41-28-26-39(31-47(41)54-50(42)48)36-17-11-8-12-18-36/h8,11-14,17-33,35H,7,9-10,15-16H2,1-6H3/q+1/i35D. The summed E-state index contributed by atoms with van der Waals surface area (Å²) in [6.45, 7) is 11.5. The molecule has 54 heavy (non-hydrogen) atoms. The van der Waals surface area contributed by atoms with Crippen LogP contribution in [0.2, 0.25) is 0 Å². The SMILES string of the molecule is [2H]C1(c2ccc(-c3cc(C(C)C)c(-n4c(-c5c(C)ccc6c5oc5cc(-c7ccccc7)ccc56)[n+](C)c5ccccc54)c(C(C)C)c3)cc2)CCCCC1. The number of hydrogen-bond donors (Lipinski definition) is 0. The van der Waals surface area contributed by atoms with Crippen LogP contribution in [0.1, 0.15) is 101 Å². The van der Waals surface area contributed by atoms with Crippen LogP contribution in [-0.2, 0) is 7.05 Å². The average Bonchev–Trinajstić information content (AvgIpc) is 3.72. The molecule has 0 aliphatic heterocycles. The summed E-state index contributed by atoms with van der Waals surface area (Å²) in [5.41, 5.74) is 16.3. The van der Waals surface area contributed by atoms with E-state index in [0.717, 1.165) is 70.1 Å². The fraction of sp³-hybridized carbons (Fsp3) is 0.275. The molecule has 6 aromatic carbocycles. The number of nitrogens with zero attached hydrogens (tertiary/aromatic N) is 2. The highest BCUT2D eigenvalue weighted by molar-refractivity contribution is 6.10. The molecule has 1 aliphatic carbocycles. The van der Waals surface area contributed by atoms with Crippen LogP contribution in [0.25, 0.3) is 72.3 Å². The lowest BCUT2D eigenvalue weighted by molar-refractivity contribution is -0.633. The van der Waals surface area contributed by atoms with E-state index in [0.29, 0.717) is 0 Å². The topological polar surface area (TPSA) is 21.9 Å². The summed E-state index contributed by atoms with van der Waals surface area (Å²) in [5, 5.41) is 2.25. The summed E-state index contributed by atoms with van der Waals surface area (Å²) in [4.78, 5) is 0. The number of fused-ring (bicyclic) bond motifs is 4. The third kappa shape index (κ3) is 5.77. The predicted molar refractivity (Wildman–Crippen MR) is 227 cm³/mol. The van der Waals surface area contributed by atoms with Gasteiger partial charge in [0.1, 0.15) is 16.8 Å². The van der Waals surface area contributed by atoms with E-state index < -0.39 is 5.89 Å². The van der Waals surface area contributed by atoms with Gasteiger partial charge in [-0.2, -0.15) is 4.57 Å². The van der Waals surface area contributed by atoms with E-state index >= 15 is 0 Å². The van der Waals surface area contributed by atoms with Crippen LogP contribution in [0.3, 0.4) is 0 Å². The van der Waals surface area contributed by atoms with Gasteiger partial charge >= 0.3 is 0 Å². The first-order valence-electron chi connectivity index (χ1n) is 20.4. The summed E-state index contributed by atoms with van der Waals surface area (Å²) in [6, 6.07) is 44.3. The van der Waals surface area contributed by atoms with Gasteiger partial charge in [0.25, 0.3) is 5.82 Å². The van der Waals surface area contributed by atoms with Gasteiger partial charge in [-0.3, -0.25) is 0 Å². The second-order valence-corrected chi connectivity index (χ2v) is 16.1. The Morgan fingerprint density at radius 3 is 2.00 bits per heavy atom. The molecule has 0 atom stereocenters. The minimum absolute atomic E-state index is 0.268. The Balaban J connectivity index is 1.28. The summed E-state index contributed by atoms with van der Waals surface area (Å²) in [6.07, 6.45) is 5.46. The molecule has 1 aliphatic rings. The number of rotatable bonds is 7. The number of aryl methyl sites for hydroxylation is 2. The van der Waals surface area contributed by atoms with Crippen LogP contribution in [0, 0.1) is 6.92 Å². The van der Waals surface area contributed by atoms with E-state index in [2.05, 4.69) is 172 Å². The monoisotopic (exact) mass is 708 g/mol. The summed E-state index contributed by atoms with van der Waals surface area (Å²) in [7, 11) is 2.20. The second kappa shape index (κ2) is 13.8. The lowest BCUT2D eigenvalue weighted by atomic mass is 9.83. The smallest absolute Gasteiger partial charge is 0.299 e. The summed E-state index contributed by atoms with van der Waals surface area (Å²) < 4.78 is 21.1. The largest absolute Gasteiger partial charge is 0.455 e. The van der Waals surface area contributed by atoms with Crippen LogP contribution in [0.5, 0.6) is 0 Å². The maximum absolute atomic E-state index is 9.23. The molecule has 2 heterocycles. The molecule has 270 valence electrons. The van der Waals surface area contributed by atoms with Crippen molar-refractivity contribution in [1.82, 2.24) is 4.57 Å². The highest BCUT2D eigenvalue weighted by atomic mass is 16.3. The lowest BCUT2D eigenvalue weighted by Crippen LogP contribution is -2.30. The predicted octanol–water partition coefficient (Wildman–Crippen LogP) is 14.0. The van der Waals surface area contributed by atoms with Gasteiger partial charge in [0.15, 0.2) is 16.6 Å². The number of para-hydroxylation sites is 2. The van der Waals surface area contributed by atoms with Gasteiger partial charge in [-0.15, -0.1) is 0 Å². The molecule has 0 spiro atoms. The molecule has 0 amide bonds. The molecule has 2 aromatic heterocycles. The van der Waals surface area contributed by atoms with E-state index in [1.54, 1.807) is 0 Å². The molecule has 9 rings (SSSR count). The van der Waals surface area contributed by atoms with E-state index in [1.165, 1.54) is 56.5 Å². The van der Waals surface area contributed by atoms with Gasteiger partial charge in [-0.05, 0) is 107 Å². The third-order valence-electron chi connectivity index (χ3n) is 11.9. The van der Waals surface area contributed by atoms with Crippen molar-refractivity contribution in [2.75, 3.05) is 0 Å². The minimum Gasteiger partial charge on any atom is -0.455 e. The van der Waals surface area contributed by atoms with Crippen LogP contribution >= 0.6 is 0 Å². The number of hydrogen-bond acceptors (Lipinski definition) is 1. The van der Waals surface area contributed by atoms with Crippen molar-refractivity contribution in [2.24, 2.45) is 7.05 Å². The Labute approximate surface area is 321 Å². The zero-order chi connectivity index (χ0) is 38.0. The molecule has 0 bridgehead atoms. The van der Waals surface area contributed by atoms with Gasteiger partial charge in [-0.25, -0.2) is 4.57 Å². The highest BCUT2D eigenvalue weighted by Gasteiger charge is 2.34. The quantitative estimate of drug-likeness (QED) is 0.151. The molecular formula is C51H51N2O+. The number of benzene rings is 6. The number of aromatic nitrogens is 2. The van der Waals surface area contributed by atoms with Gasteiger partial charge in [-0.1, -0.05) is 132 Å². The maximum atomic E-state index is 9.23. The number of furan rings is 1. The molecule has 3 nitrogen and oxygen atoms in total. The van der Waals surface area contributed by atoms with Crippen LogP contribution in [0.4, 0.5) is 0 Å². The molecule has 0 N–H and O–H groups in total. The Morgan fingerprint density at radius 1 is 0.667 bits per heavy atom. The van der Waals surface area contributed by atoms with Crippen LogP contribution in [0.15, 0.2) is 126 Å². The number of imidazole rings is 1. The minimum atomic E-state index is -0.459. The van der Waals surface area contributed by atoms with Gasteiger partial charge < -0.3 is 4.42 Å². The molecule has 8 aromatic rings. The van der Waals surface area contributed by atoms with E-state index in [1.807, 2.05) is 0 Å². The summed E-state index contributed by atoms with van der Waals surface area (Å²) in [5.74, 6) is 1.19. The first kappa shape index (κ1) is 33.2. The Kier molecular flexibility index (Phi) is 8.47. The van der Waals surface area contributed by atoms with Gasteiger partial charge in [0.2, 0.25) is 0 Å². The Bertz CT molecular complexity index is 2680. The van der Waals surface area contributed by atoms with Crippen molar-refractivity contribution in [3.05, 3.63) is 144 Å². The summed E-state index contributed by atoms with van der Waals surface area (Å²) >= 11 is 0. The molecular weight excluding hydrogens is 657 g/mol. The van der Waals surface area contributed by atoms with Gasteiger partial charge in [0.05, 0.1) is 7.05 Å². The highest BCUT2D eigenvalue weighted by Crippen LogP contribution is 2.44. The van der Waals surface area contributed by atoms with Gasteiger partial charge in [0, 0.05) is 23.3 Å². The van der Waals surface area contributed by atoms with Crippen molar-refractivity contribution < 1.29 is 10.4 Å². The van der Waals surface area contributed by atoms with Crippen molar-refractivity contribution in [2.45, 2.75) is 84.5 Å². The zero-order valence-electron chi connectivity index (χ0n) is 33.5. The van der Waals surface area contributed by atoms with Crippen molar-refractivity contribution in [1.29, 1.82) is 0 Å². The molecule has 3 heteroatoms. The van der Waals surface area contributed by atoms with Crippen LogP contribution < -0.4 is 4.57 Å². The normalized spacial score (nSPS) is 14.9. The molecule has 1 fully saturated rings. The van der Waals surface area contributed by atoms with E-state index in [-0.39, 0.29) is 11.8 Å². The zero-order valence-corrected chi connectivity index (χ0v) is 32.5. The second-order valence-electron chi connectivity index (χ2n) is 16.1. The lowest BCUT2D eigenvalue weighted by Gasteiger charge is -2.23. The fourth-order valence-corrected chi connectivity index (χ4v) is 9.00.